The van der Waals surface area contributed by atoms with Gasteiger partial charge in [-0.15, -0.1) is 10.2 Å². The molecule has 0 radical (unpaired) electrons. The molecule has 0 bridgehead atoms. The van der Waals surface area contributed by atoms with Gasteiger partial charge >= 0.3 is 0 Å². The molecule has 3 rings (SSSR count). The largest absolute Gasteiger partial charge is 0.357 e. The maximum absolute atomic E-state index is 4.84. The molecule has 0 aliphatic carbocycles. The molecule has 1 N–H and O–H groups in total. The fourth-order valence-electron chi connectivity index (χ4n) is 3.30. The number of nitrogens with one attached hydrogen (secondary N) is 1. The Labute approximate surface area is 173 Å². The Kier molecular flexibility index (Phi) is 6.42. The van der Waals surface area contributed by atoms with Crippen LogP contribution in [0.5, 0.6) is 0 Å². The number of aliphatic imine (C=N–C) groups is 1. The molecule has 0 amide bonds. The van der Waals surface area contributed by atoms with E-state index in [0.717, 1.165) is 54.1 Å². The van der Waals surface area contributed by atoms with E-state index < -0.39 is 0 Å². The minimum absolute atomic E-state index is 0.0614. The van der Waals surface area contributed by atoms with E-state index >= 15 is 0 Å². The lowest BCUT2D eigenvalue weighted by Gasteiger charge is -2.20. The molecular weight excluding hydrogens is 364 g/mol. The molecule has 8 heteroatoms. The van der Waals surface area contributed by atoms with Crippen LogP contribution in [-0.2, 0) is 0 Å². The molecule has 1 atom stereocenters. The van der Waals surface area contributed by atoms with Crippen molar-refractivity contribution in [2.75, 3.05) is 24.5 Å². The van der Waals surface area contributed by atoms with Crippen LogP contribution in [-0.4, -0.2) is 50.9 Å². The van der Waals surface area contributed by atoms with E-state index in [1.54, 1.807) is 4.68 Å². The molecule has 0 saturated carbocycles. The zero-order valence-corrected chi connectivity index (χ0v) is 18.6. The van der Waals surface area contributed by atoms with Gasteiger partial charge in [0.05, 0.1) is 23.1 Å². The maximum Gasteiger partial charge on any atom is 0.205 e. The summed E-state index contributed by atoms with van der Waals surface area (Å²) in [5, 5.41) is 16.9. The second kappa shape index (κ2) is 8.82. The lowest BCUT2D eigenvalue weighted by molar-refractivity contribution is 0.472. The van der Waals surface area contributed by atoms with Gasteiger partial charge < -0.3 is 10.2 Å². The van der Waals surface area contributed by atoms with Gasteiger partial charge in [-0.05, 0) is 59.2 Å². The number of rotatable bonds is 8. The normalized spacial score (nSPS) is 15.7. The summed E-state index contributed by atoms with van der Waals surface area (Å²) in [6.07, 6.45) is 0. The predicted octanol–water partition coefficient (Wildman–Crippen LogP) is 3.49. The van der Waals surface area contributed by atoms with Crippen LogP contribution < -0.4 is 10.2 Å². The van der Waals surface area contributed by atoms with E-state index in [1.165, 1.54) is 0 Å². The smallest absolute Gasteiger partial charge is 0.205 e. The topological polar surface area (TPSA) is 83.6 Å². The van der Waals surface area contributed by atoms with Gasteiger partial charge in [-0.25, -0.2) is 9.98 Å². The Hall–Kier alpha value is -2.61. The summed E-state index contributed by atoms with van der Waals surface area (Å²) in [5.74, 6) is 3.03. The quantitative estimate of drug-likeness (QED) is 0.738. The van der Waals surface area contributed by atoms with Crippen molar-refractivity contribution in [1.29, 1.82) is 0 Å². The first-order valence-electron chi connectivity index (χ1n) is 10.4. The van der Waals surface area contributed by atoms with Crippen molar-refractivity contribution in [2.45, 2.75) is 54.5 Å². The van der Waals surface area contributed by atoms with Crippen molar-refractivity contribution in [3.05, 3.63) is 29.5 Å². The number of anilines is 1. The maximum atomic E-state index is 4.84. The van der Waals surface area contributed by atoms with Crippen LogP contribution in [0, 0.1) is 12.8 Å². The molecule has 0 saturated heterocycles. The van der Waals surface area contributed by atoms with E-state index in [1.807, 2.05) is 26.0 Å². The first-order valence-corrected chi connectivity index (χ1v) is 10.4. The first kappa shape index (κ1) is 21.1. The number of aromatic nitrogens is 4. The Morgan fingerprint density at radius 2 is 1.83 bits per heavy atom. The van der Waals surface area contributed by atoms with Gasteiger partial charge in [-0.2, -0.15) is 9.78 Å². The van der Waals surface area contributed by atoms with Crippen molar-refractivity contribution in [1.82, 2.24) is 25.2 Å². The van der Waals surface area contributed by atoms with Crippen LogP contribution in [0.25, 0.3) is 0 Å². The highest BCUT2D eigenvalue weighted by Crippen LogP contribution is 2.25. The number of hydrogen-bond acceptors (Lipinski definition) is 7. The van der Waals surface area contributed by atoms with Crippen molar-refractivity contribution < 1.29 is 0 Å². The summed E-state index contributed by atoms with van der Waals surface area (Å²) in [6.45, 7) is 17.4. The van der Waals surface area contributed by atoms with Gasteiger partial charge in [0.15, 0.2) is 5.82 Å². The summed E-state index contributed by atoms with van der Waals surface area (Å²) in [4.78, 5) is 11.8. The summed E-state index contributed by atoms with van der Waals surface area (Å²) in [5.41, 5.74) is 3.30. The third kappa shape index (κ3) is 4.37. The van der Waals surface area contributed by atoms with E-state index in [9.17, 15) is 0 Å². The molecule has 0 spiro atoms. The van der Waals surface area contributed by atoms with E-state index in [2.05, 4.69) is 60.1 Å². The van der Waals surface area contributed by atoms with Crippen molar-refractivity contribution >= 4 is 22.9 Å². The van der Waals surface area contributed by atoms with Crippen LogP contribution >= 0.6 is 0 Å². The fourth-order valence-corrected chi connectivity index (χ4v) is 3.30. The van der Waals surface area contributed by atoms with Gasteiger partial charge in [-0.3, -0.25) is 0 Å². The minimum Gasteiger partial charge on any atom is -0.357 e. The molecule has 8 nitrogen and oxygen atoms in total. The van der Waals surface area contributed by atoms with E-state index in [-0.39, 0.29) is 6.04 Å². The Morgan fingerprint density at radius 1 is 1.10 bits per heavy atom. The highest BCUT2D eigenvalue weighted by atomic mass is 15.5. The molecule has 29 heavy (non-hydrogen) atoms. The second-order valence-electron chi connectivity index (χ2n) is 7.81. The summed E-state index contributed by atoms with van der Waals surface area (Å²) >= 11 is 0. The molecule has 0 unspecified atom stereocenters. The number of aryl methyl sites for hydroxylation is 1. The number of pyridine rings is 1. The Morgan fingerprint density at radius 3 is 2.45 bits per heavy atom. The SMILES string of the molecule is CCN(CC)c1ccc(N=C2C(C)=Nn3c2nnc3[C@H](C)NCC(C)C)c(C)n1. The molecule has 0 aromatic carbocycles. The molecule has 3 heterocycles. The minimum atomic E-state index is 0.0614. The number of nitrogens with zero attached hydrogens (tertiary/aromatic N) is 7. The van der Waals surface area contributed by atoms with Crippen molar-refractivity contribution in [3.63, 3.8) is 0 Å². The number of fused-ring (bicyclic) bond motifs is 1. The van der Waals surface area contributed by atoms with E-state index in [4.69, 9.17) is 9.98 Å². The standard InChI is InChI=1S/C21H32N8/c1-8-28(9-2)18-11-10-17(14(5)23-18)24-19-15(6)27-29-20(25-26-21(19)29)16(7)22-12-13(3)4/h10-11,13,16,22H,8-9,12H2,1-7H3/t16-/m0/s1. The molecule has 1 aliphatic heterocycles. The molecular formula is C21H32N8. The van der Waals surface area contributed by atoms with Gasteiger partial charge in [0, 0.05) is 13.1 Å². The van der Waals surface area contributed by atoms with Crippen molar-refractivity contribution in [2.24, 2.45) is 16.0 Å². The summed E-state index contributed by atoms with van der Waals surface area (Å²) in [7, 11) is 0. The van der Waals surface area contributed by atoms with Crippen LogP contribution in [0.15, 0.2) is 22.2 Å². The zero-order valence-electron chi connectivity index (χ0n) is 18.6. The van der Waals surface area contributed by atoms with Crippen LogP contribution in [0.4, 0.5) is 11.5 Å². The lowest BCUT2D eigenvalue weighted by Crippen LogP contribution is -2.25. The van der Waals surface area contributed by atoms with Gasteiger partial charge in [0.25, 0.3) is 0 Å². The van der Waals surface area contributed by atoms with Crippen LogP contribution in [0.2, 0.25) is 0 Å². The molecule has 2 aromatic rings. The Balaban J connectivity index is 1.89. The molecule has 0 fully saturated rings. The van der Waals surface area contributed by atoms with Crippen molar-refractivity contribution in [3.8, 4) is 0 Å². The number of hydrogen-bond donors (Lipinski definition) is 1. The first-order chi connectivity index (χ1) is 13.8. The second-order valence-corrected chi connectivity index (χ2v) is 7.81. The van der Waals surface area contributed by atoms with Gasteiger partial charge in [-0.1, -0.05) is 13.8 Å². The molecule has 1 aliphatic rings. The summed E-state index contributed by atoms with van der Waals surface area (Å²) in [6, 6.07) is 4.10. The van der Waals surface area contributed by atoms with Crippen LogP contribution in [0.1, 0.15) is 64.9 Å². The van der Waals surface area contributed by atoms with Crippen LogP contribution in [0.3, 0.4) is 0 Å². The third-order valence-electron chi connectivity index (χ3n) is 5.05. The summed E-state index contributed by atoms with van der Waals surface area (Å²) < 4.78 is 1.80. The van der Waals surface area contributed by atoms with Gasteiger partial charge in [0.2, 0.25) is 5.82 Å². The Bertz CT molecular complexity index is 921. The zero-order chi connectivity index (χ0) is 21.1. The third-order valence-corrected chi connectivity index (χ3v) is 5.05. The predicted molar refractivity (Wildman–Crippen MR) is 119 cm³/mol. The average Bonchev–Trinajstić information content (AvgIpc) is 3.22. The lowest BCUT2D eigenvalue weighted by atomic mass is 10.2. The molecule has 2 aromatic heterocycles. The fraction of sp³-hybridized carbons (Fsp3) is 0.571. The van der Waals surface area contributed by atoms with E-state index in [0.29, 0.717) is 11.7 Å². The van der Waals surface area contributed by atoms with Gasteiger partial charge in [0.1, 0.15) is 11.5 Å². The highest BCUT2D eigenvalue weighted by Gasteiger charge is 2.28. The molecule has 156 valence electrons. The monoisotopic (exact) mass is 396 g/mol. The average molecular weight is 397 g/mol. The highest BCUT2D eigenvalue weighted by molar-refractivity contribution is 6.48.